The third-order valence-electron chi connectivity index (χ3n) is 2.83. The predicted octanol–water partition coefficient (Wildman–Crippen LogP) is 3.23. The summed E-state index contributed by atoms with van der Waals surface area (Å²) >= 11 is 6.95. The second-order valence-corrected chi connectivity index (χ2v) is 4.63. The van der Waals surface area contributed by atoms with E-state index in [0.717, 1.165) is 17.8 Å². The van der Waals surface area contributed by atoms with Gasteiger partial charge in [0.2, 0.25) is 0 Å². The molecule has 1 rings (SSSR count). The molecule has 3 nitrogen and oxygen atoms in total. The summed E-state index contributed by atoms with van der Waals surface area (Å²) in [7, 11) is 1.68. The molecule has 1 heterocycles. The fraction of sp³-hybridized carbons (Fsp3) is 0.636. The van der Waals surface area contributed by atoms with Gasteiger partial charge in [0.05, 0.1) is 5.88 Å². The fourth-order valence-corrected chi connectivity index (χ4v) is 2.89. The van der Waals surface area contributed by atoms with E-state index < -0.39 is 0 Å². The Bertz CT molecular complexity index is 352. The lowest BCUT2D eigenvalue weighted by Gasteiger charge is -2.27. The van der Waals surface area contributed by atoms with Crippen LogP contribution in [0.15, 0.2) is 5.38 Å². The zero-order chi connectivity index (χ0) is 12.2. The number of carbonyl (C=O) groups excluding carboxylic acids is 1. The van der Waals surface area contributed by atoms with E-state index in [4.69, 9.17) is 16.3 Å². The number of carbonyl (C=O) groups is 1. The summed E-state index contributed by atoms with van der Waals surface area (Å²) in [6, 6.07) is 0. The number of ether oxygens (including phenoxy) is 1. The molecule has 0 saturated heterocycles. The van der Waals surface area contributed by atoms with Crippen LogP contribution in [-0.4, -0.2) is 23.8 Å². The molecule has 5 heteroatoms. The number of Topliss-reactive ketones (excluding diaryl/α,β-unsaturated/α-hetero) is 1. The van der Waals surface area contributed by atoms with Gasteiger partial charge in [-0.2, -0.15) is 0 Å². The maximum absolute atomic E-state index is 11.4. The average molecular weight is 262 g/mol. The van der Waals surface area contributed by atoms with Gasteiger partial charge in [-0.3, -0.25) is 4.79 Å². The zero-order valence-electron chi connectivity index (χ0n) is 9.75. The lowest BCUT2D eigenvalue weighted by Crippen LogP contribution is -2.26. The highest BCUT2D eigenvalue weighted by Gasteiger charge is 2.31. The van der Waals surface area contributed by atoms with Gasteiger partial charge in [0, 0.05) is 12.5 Å². The van der Waals surface area contributed by atoms with Gasteiger partial charge in [-0.15, -0.1) is 22.9 Å². The summed E-state index contributed by atoms with van der Waals surface area (Å²) in [4.78, 5) is 15.7. The maximum atomic E-state index is 11.4. The number of thiazole rings is 1. The summed E-state index contributed by atoms with van der Waals surface area (Å²) in [5, 5.41) is 2.60. The van der Waals surface area contributed by atoms with Gasteiger partial charge in [0.1, 0.15) is 16.3 Å². The van der Waals surface area contributed by atoms with Crippen molar-refractivity contribution in [3.05, 3.63) is 16.1 Å². The lowest BCUT2D eigenvalue weighted by atomic mass is 9.98. The smallest absolute Gasteiger partial charge is 0.196 e. The second kappa shape index (κ2) is 5.75. The van der Waals surface area contributed by atoms with E-state index in [1.54, 1.807) is 12.5 Å². The molecule has 90 valence electrons. The van der Waals surface area contributed by atoms with Crippen molar-refractivity contribution in [3.63, 3.8) is 0 Å². The molecule has 0 amide bonds. The molecular formula is C11H16ClNO2S. The lowest BCUT2D eigenvalue weighted by molar-refractivity contribution is -0.0219. The number of alkyl halides is 1. The van der Waals surface area contributed by atoms with Gasteiger partial charge in [-0.1, -0.05) is 13.8 Å². The van der Waals surface area contributed by atoms with Crippen LogP contribution in [0.25, 0.3) is 0 Å². The quantitative estimate of drug-likeness (QED) is 0.583. The van der Waals surface area contributed by atoms with Crippen LogP contribution >= 0.6 is 22.9 Å². The first kappa shape index (κ1) is 13.6. The van der Waals surface area contributed by atoms with E-state index in [2.05, 4.69) is 18.8 Å². The molecule has 0 saturated carbocycles. The summed E-state index contributed by atoms with van der Waals surface area (Å²) in [5.41, 5.74) is 0.0773. The zero-order valence-corrected chi connectivity index (χ0v) is 11.3. The Morgan fingerprint density at radius 3 is 2.62 bits per heavy atom. The highest BCUT2D eigenvalue weighted by Crippen LogP contribution is 2.34. The first-order valence-corrected chi connectivity index (χ1v) is 6.65. The summed E-state index contributed by atoms with van der Waals surface area (Å²) in [5.74, 6) is -0.164. The first-order valence-electron chi connectivity index (χ1n) is 5.23. The molecule has 1 aromatic rings. The van der Waals surface area contributed by atoms with Crippen molar-refractivity contribution in [1.29, 1.82) is 0 Å². The van der Waals surface area contributed by atoms with Gasteiger partial charge in [0.25, 0.3) is 0 Å². The summed E-state index contributed by atoms with van der Waals surface area (Å²) in [6.45, 7) is 4.11. The van der Waals surface area contributed by atoms with Crippen LogP contribution in [0.2, 0.25) is 0 Å². The number of aromatic nitrogens is 1. The SMILES string of the molecule is CCC(CC)(OC)c1nc(C(=O)CCl)cs1. The first-order chi connectivity index (χ1) is 7.63. The Balaban J connectivity index is 3.03. The van der Waals surface area contributed by atoms with E-state index in [9.17, 15) is 4.79 Å². The minimum Gasteiger partial charge on any atom is -0.371 e. The maximum Gasteiger partial charge on any atom is 0.196 e. The molecule has 16 heavy (non-hydrogen) atoms. The Kier molecular flexibility index (Phi) is 4.89. The molecule has 0 N–H and O–H groups in total. The minimum absolute atomic E-state index is 0.0264. The molecule has 0 atom stereocenters. The van der Waals surface area contributed by atoms with E-state index in [1.165, 1.54) is 11.3 Å². The van der Waals surface area contributed by atoms with Crippen molar-refractivity contribution in [2.75, 3.05) is 13.0 Å². The van der Waals surface area contributed by atoms with Crippen molar-refractivity contribution in [1.82, 2.24) is 4.98 Å². The topological polar surface area (TPSA) is 39.2 Å². The minimum atomic E-state index is -0.366. The number of halogens is 1. The molecule has 0 spiro atoms. The molecule has 0 radical (unpaired) electrons. The second-order valence-electron chi connectivity index (χ2n) is 3.50. The fourth-order valence-electron chi connectivity index (χ4n) is 1.61. The largest absolute Gasteiger partial charge is 0.371 e. The Morgan fingerprint density at radius 1 is 1.56 bits per heavy atom. The molecular weight excluding hydrogens is 246 g/mol. The molecule has 0 fully saturated rings. The highest BCUT2D eigenvalue weighted by molar-refractivity contribution is 7.10. The van der Waals surface area contributed by atoms with E-state index in [0.29, 0.717) is 5.69 Å². The van der Waals surface area contributed by atoms with Gasteiger partial charge in [0.15, 0.2) is 5.78 Å². The van der Waals surface area contributed by atoms with Crippen LogP contribution in [0.3, 0.4) is 0 Å². The average Bonchev–Trinajstić information content (AvgIpc) is 2.81. The summed E-state index contributed by atoms with van der Waals surface area (Å²) in [6.07, 6.45) is 1.67. The number of ketones is 1. The number of methoxy groups -OCH3 is 1. The van der Waals surface area contributed by atoms with Gasteiger partial charge in [-0.05, 0) is 12.8 Å². The molecule has 0 aliphatic heterocycles. The van der Waals surface area contributed by atoms with Crippen LogP contribution in [0.1, 0.15) is 42.2 Å². The van der Waals surface area contributed by atoms with Crippen molar-refractivity contribution in [2.45, 2.75) is 32.3 Å². The molecule has 0 aliphatic rings. The van der Waals surface area contributed by atoms with Gasteiger partial charge in [-0.25, -0.2) is 4.98 Å². The highest BCUT2D eigenvalue weighted by atomic mass is 35.5. The van der Waals surface area contributed by atoms with Gasteiger partial charge >= 0.3 is 0 Å². The van der Waals surface area contributed by atoms with Crippen LogP contribution in [0.4, 0.5) is 0 Å². The Hall–Kier alpha value is -0.450. The predicted molar refractivity (Wildman–Crippen MR) is 66.4 cm³/mol. The normalized spacial score (nSPS) is 11.8. The molecule has 1 aromatic heterocycles. The monoisotopic (exact) mass is 261 g/mol. The number of nitrogens with zero attached hydrogens (tertiary/aromatic N) is 1. The molecule has 0 aromatic carbocycles. The van der Waals surface area contributed by atoms with Gasteiger partial charge < -0.3 is 4.74 Å². The third-order valence-corrected chi connectivity index (χ3v) is 4.10. The summed E-state index contributed by atoms with van der Waals surface area (Å²) < 4.78 is 5.55. The Morgan fingerprint density at radius 2 is 2.19 bits per heavy atom. The van der Waals surface area contributed by atoms with E-state index in [1.807, 2.05) is 0 Å². The van der Waals surface area contributed by atoms with Crippen LogP contribution in [0.5, 0.6) is 0 Å². The number of hydrogen-bond acceptors (Lipinski definition) is 4. The van der Waals surface area contributed by atoms with Crippen LogP contribution in [0, 0.1) is 0 Å². The third kappa shape index (κ3) is 2.44. The van der Waals surface area contributed by atoms with E-state index >= 15 is 0 Å². The molecule has 0 unspecified atom stereocenters. The Labute approximate surface area is 105 Å². The standard InChI is InChI=1S/C11H16ClNO2S/c1-4-11(5-2,15-3)10-13-8(7-16-10)9(14)6-12/h7H,4-6H2,1-3H3. The van der Waals surface area contributed by atoms with Crippen LogP contribution in [-0.2, 0) is 10.3 Å². The molecule has 0 aliphatic carbocycles. The number of rotatable bonds is 6. The van der Waals surface area contributed by atoms with E-state index in [-0.39, 0.29) is 17.3 Å². The van der Waals surface area contributed by atoms with Crippen molar-refractivity contribution >= 4 is 28.7 Å². The van der Waals surface area contributed by atoms with Crippen molar-refractivity contribution in [3.8, 4) is 0 Å². The number of hydrogen-bond donors (Lipinski definition) is 0. The van der Waals surface area contributed by atoms with Crippen molar-refractivity contribution in [2.24, 2.45) is 0 Å². The van der Waals surface area contributed by atoms with Crippen LogP contribution < -0.4 is 0 Å². The molecule has 0 bridgehead atoms. The van der Waals surface area contributed by atoms with Crippen molar-refractivity contribution < 1.29 is 9.53 Å².